The summed E-state index contributed by atoms with van der Waals surface area (Å²) in [6.07, 6.45) is 0.942. The number of hydrogen-bond donors (Lipinski definition) is 0. The fraction of sp³-hybridized carbons (Fsp3) is 0.152. The molecule has 7 rings (SSSR count). The molecule has 5 aromatic rings. The van der Waals surface area contributed by atoms with E-state index >= 15 is 0 Å². The summed E-state index contributed by atoms with van der Waals surface area (Å²) in [7, 11) is 0. The first-order valence-corrected chi connectivity index (χ1v) is 12.8. The average Bonchev–Trinajstić information content (AvgIpc) is 3.47. The average molecular weight is 483 g/mol. The maximum Gasteiger partial charge on any atom is 0.217 e. The molecular formula is C33H26N2O2. The van der Waals surface area contributed by atoms with Gasteiger partial charge in [0.15, 0.2) is 0 Å². The third kappa shape index (κ3) is 3.86. The maximum atomic E-state index is 6.30. The summed E-state index contributed by atoms with van der Waals surface area (Å²) in [5.41, 5.74) is 5.38. The highest BCUT2D eigenvalue weighted by Crippen LogP contribution is 2.41. The van der Waals surface area contributed by atoms with Crippen molar-refractivity contribution in [3.05, 3.63) is 120 Å². The topological polar surface area (TPSA) is 43.2 Å². The zero-order valence-electron chi connectivity index (χ0n) is 20.4. The van der Waals surface area contributed by atoms with E-state index in [1.165, 1.54) is 10.8 Å². The Labute approximate surface area is 215 Å². The van der Waals surface area contributed by atoms with Crippen LogP contribution in [0.1, 0.15) is 29.2 Å². The molecule has 0 radical (unpaired) electrons. The van der Waals surface area contributed by atoms with Crippen molar-refractivity contribution < 1.29 is 9.47 Å². The Hall–Kier alpha value is -4.44. The quantitative estimate of drug-likeness (QED) is 0.269. The number of hydrogen-bond acceptors (Lipinski definition) is 4. The second-order valence-corrected chi connectivity index (χ2v) is 9.48. The van der Waals surface area contributed by atoms with Crippen LogP contribution in [-0.2, 0) is 9.47 Å². The molecule has 0 spiro atoms. The lowest BCUT2D eigenvalue weighted by molar-refractivity contribution is 0.284. The predicted octanol–water partition coefficient (Wildman–Crippen LogP) is 7.35. The van der Waals surface area contributed by atoms with Crippen LogP contribution in [0.15, 0.2) is 113 Å². The van der Waals surface area contributed by atoms with Crippen LogP contribution in [0.2, 0.25) is 0 Å². The van der Waals surface area contributed by atoms with E-state index in [1.807, 2.05) is 6.07 Å². The highest BCUT2D eigenvalue weighted by Gasteiger charge is 2.27. The molecule has 2 aliphatic rings. The van der Waals surface area contributed by atoms with Crippen molar-refractivity contribution in [2.75, 3.05) is 19.8 Å². The minimum absolute atomic E-state index is 0.0199. The van der Waals surface area contributed by atoms with Crippen molar-refractivity contribution in [1.82, 2.24) is 0 Å². The Morgan fingerprint density at radius 3 is 1.86 bits per heavy atom. The third-order valence-electron chi connectivity index (χ3n) is 7.20. The van der Waals surface area contributed by atoms with Crippen LogP contribution in [0.25, 0.3) is 32.7 Å². The molecule has 4 heteroatoms. The number of fused-ring (bicyclic) bond motifs is 2. The van der Waals surface area contributed by atoms with Gasteiger partial charge < -0.3 is 9.47 Å². The first-order valence-electron chi connectivity index (χ1n) is 12.8. The van der Waals surface area contributed by atoms with Crippen LogP contribution in [-0.4, -0.2) is 31.6 Å². The molecule has 2 heterocycles. The lowest BCUT2D eigenvalue weighted by Gasteiger charge is -2.21. The first kappa shape index (κ1) is 21.8. The summed E-state index contributed by atoms with van der Waals surface area (Å²) in [5.74, 6) is 1.39. The van der Waals surface area contributed by atoms with Crippen LogP contribution in [0, 0.1) is 0 Å². The fourth-order valence-corrected chi connectivity index (χ4v) is 5.43. The zero-order chi connectivity index (χ0) is 24.6. The van der Waals surface area contributed by atoms with Gasteiger partial charge in [-0.15, -0.1) is 0 Å². The first-order chi connectivity index (χ1) is 18.4. The molecule has 0 aromatic heterocycles. The van der Waals surface area contributed by atoms with Gasteiger partial charge in [-0.3, -0.25) is 4.99 Å². The summed E-state index contributed by atoms with van der Waals surface area (Å²) in [5, 5.41) is 4.66. The van der Waals surface area contributed by atoms with E-state index in [-0.39, 0.29) is 6.04 Å². The summed E-state index contributed by atoms with van der Waals surface area (Å²) in [6.45, 7) is 1.99. The van der Waals surface area contributed by atoms with Crippen molar-refractivity contribution in [2.24, 2.45) is 9.98 Å². The second kappa shape index (κ2) is 9.21. The molecule has 0 unspecified atom stereocenters. The number of ether oxygens (including phenoxy) is 2. The Morgan fingerprint density at radius 1 is 0.595 bits per heavy atom. The van der Waals surface area contributed by atoms with E-state index in [9.17, 15) is 0 Å². The molecule has 0 amide bonds. The Balaban J connectivity index is 1.52. The molecule has 1 atom stereocenters. The van der Waals surface area contributed by atoms with Gasteiger partial charge in [0.1, 0.15) is 12.6 Å². The van der Waals surface area contributed by atoms with Gasteiger partial charge in [-0.1, -0.05) is 91.0 Å². The predicted molar refractivity (Wildman–Crippen MR) is 151 cm³/mol. The molecule has 2 aliphatic heterocycles. The monoisotopic (exact) mass is 482 g/mol. The second-order valence-electron chi connectivity index (χ2n) is 9.48. The van der Waals surface area contributed by atoms with Gasteiger partial charge >= 0.3 is 0 Å². The van der Waals surface area contributed by atoms with Gasteiger partial charge in [0.2, 0.25) is 11.8 Å². The molecule has 180 valence electrons. The minimum atomic E-state index is -0.0199. The summed E-state index contributed by atoms with van der Waals surface area (Å²) in [4.78, 5) is 9.86. The van der Waals surface area contributed by atoms with Crippen molar-refractivity contribution in [2.45, 2.75) is 12.5 Å². The highest BCUT2D eigenvalue weighted by atomic mass is 16.5. The largest absolute Gasteiger partial charge is 0.477 e. The normalized spacial score (nSPS) is 17.2. The van der Waals surface area contributed by atoms with Gasteiger partial charge in [-0.2, -0.15) is 0 Å². The molecular weight excluding hydrogens is 456 g/mol. The van der Waals surface area contributed by atoms with E-state index < -0.39 is 0 Å². The Bertz CT molecular complexity index is 1690. The van der Waals surface area contributed by atoms with E-state index in [0.717, 1.165) is 51.6 Å². The van der Waals surface area contributed by atoms with Crippen LogP contribution in [0.5, 0.6) is 0 Å². The smallest absolute Gasteiger partial charge is 0.217 e. The van der Waals surface area contributed by atoms with Crippen LogP contribution in [0.3, 0.4) is 0 Å². The summed E-state index contributed by atoms with van der Waals surface area (Å²) >= 11 is 0. The van der Waals surface area contributed by atoms with Crippen LogP contribution in [0.4, 0.5) is 0 Å². The molecule has 0 bridgehead atoms. The number of nitrogens with zero attached hydrogens (tertiary/aromatic N) is 2. The standard InChI is InChI=1S/C33H26N2O2/c1-2-11-24(12-3-1)29-21-37-33(35-29)28-18-16-23-10-5-7-14-26(23)31(28)30-25-13-6-4-9-22(25)15-17-27(30)32-34-19-8-20-36-32/h1-7,9-18,29H,8,19-21H2/t29-/m0/s1. The number of benzene rings is 5. The minimum Gasteiger partial charge on any atom is -0.477 e. The van der Waals surface area contributed by atoms with Crippen molar-refractivity contribution >= 4 is 33.3 Å². The summed E-state index contributed by atoms with van der Waals surface area (Å²) in [6, 6.07) is 36.0. The molecule has 0 aliphatic carbocycles. The van der Waals surface area contributed by atoms with E-state index in [2.05, 4.69) is 97.1 Å². The van der Waals surface area contributed by atoms with Gasteiger partial charge in [-0.05, 0) is 39.2 Å². The molecule has 37 heavy (non-hydrogen) atoms. The van der Waals surface area contributed by atoms with E-state index in [4.69, 9.17) is 19.5 Å². The van der Waals surface area contributed by atoms with Gasteiger partial charge in [0, 0.05) is 35.2 Å². The highest BCUT2D eigenvalue weighted by molar-refractivity contribution is 6.19. The van der Waals surface area contributed by atoms with Gasteiger partial charge in [0.05, 0.1) is 6.61 Å². The van der Waals surface area contributed by atoms with Gasteiger partial charge in [-0.25, -0.2) is 4.99 Å². The summed E-state index contributed by atoms with van der Waals surface area (Å²) < 4.78 is 12.4. The van der Waals surface area contributed by atoms with Crippen LogP contribution < -0.4 is 0 Å². The molecule has 5 aromatic carbocycles. The van der Waals surface area contributed by atoms with Crippen molar-refractivity contribution in [3.8, 4) is 11.1 Å². The van der Waals surface area contributed by atoms with Crippen LogP contribution >= 0.6 is 0 Å². The SMILES string of the molecule is c1ccc([C@@H]2COC(c3ccc4ccccc4c3-c3c(C4=NCCCO4)ccc4ccccc34)=N2)cc1. The molecule has 0 saturated carbocycles. The molecule has 0 saturated heterocycles. The third-order valence-corrected chi connectivity index (χ3v) is 7.20. The van der Waals surface area contributed by atoms with Crippen molar-refractivity contribution in [3.63, 3.8) is 0 Å². The Morgan fingerprint density at radius 2 is 1.22 bits per heavy atom. The lowest BCUT2D eigenvalue weighted by atomic mass is 9.86. The molecule has 4 nitrogen and oxygen atoms in total. The lowest BCUT2D eigenvalue weighted by Crippen LogP contribution is -2.16. The van der Waals surface area contributed by atoms with E-state index in [0.29, 0.717) is 25.0 Å². The maximum absolute atomic E-state index is 6.30. The fourth-order valence-electron chi connectivity index (χ4n) is 5.43. The molecule has 0 N–H and O–H groups in total. The van der Waals surface area contributed by atoms with E-state index in [1.54, 1.807) is 0 Å². The Kier molecular flexibility index (Phi) is 5.43. The van der Waals surface area contributed by atoms with Crippen molar-refractivity contribution in [1.29, 1.82) is 0 Å². The molecule has 0 fully saturated rings. The number of aliphatic imine (C=N–C) groups is 2. The number of rotatable bonds is 4. The zero-order valence-corrected chi connectivity index (χ0v) is 20.4. The van der Waals surface area contributed by atoms with Gasteiger partial charge in [0.25, 0.3) is 0 Å².